The molecule has 2 heterocycles. The van der Waals surface area contributed by atoms with Gasteiger partial charge in [0.15, 0.2) is 5.54 Å². The normalized spacial score (nSPS) is 27.5. The van der Waals surface area contributed by atoms with E-state index < -0.39 is 42.3 Å². The highest BCUT2D eigenvalue weighted by molar-refractivity contribution is 5.83. The Kier molecular flexibility index (Phi) is 5.51. The molecule has 6 nitrogen and oxygen atoms in total. The molecular formula is C14H21F3N2O4. The maximum atomic E-state index is 13.3. The Morgan fingerprint density at radius 2 is 1.57 bits per heavy atom. The van der Waals surface area contributed by atoms with Gasteiger partial charge in [-0.05, 0) is 32.6 Å². The molecule has 2 N–H and O–H groups in total. The molecule has 2 amide bonds. The van der Waals surface area contributed by atoms with Gasteiger partial charge in [-0.1, -0.05) is 0 Å². The van der Waals surface area contributed by atoms with Crippen molar-refractivity contribution < 1.29 is 32.2 Å². The lowest BCUT2D eigenvalue weighted by Crippen LogP contribution is -2.64. The van der Waals surface area contributed by atoms with Gasteiger partial charge in [-0.25, -0.2) is 0 Å². The summed E-state index contributed by atoms with van der Waals surface area (Å²) in [5, 5.41) is 4.20. The molecule has 0 aromatic rings. The molecule has 3 atom stereocenters. The van der Waals surface area contributed by atoms with Gasteiger partial charge in [0.1, 0.15) is 12.2 Å². The first-order valence-electron chi connectivity index (χ1n) is 7.62. The van der Waals surface area contributed by atoms with Gasteiger partial charge in [0, 0.05) is 19.8 Å². The van der Waals surface area contributed by atoms with Crippen molar-refractivity contribution in [1.29, 1.82) is 0 Å². The molecule has 0 aliphatic carbocycles. The summed E-state index contributed by atoms with van der Waals surface area (Å²) in [6.45, 7) is 0.865. The number of ether oxygens (including phenoxy) is 2. The first-order valence-corrected chi connectivity index (χ1v) is 7.62. The zero-order valence-corrected chi connectivity index (χ0v) is 12.9. The average Bonchev–Trinajstić information content (AvgIpc) is 3.15. The largest absolute Gasteiger partial charge is 0.412 e. The van der Waals surface area contributed by atoms with E-state index in [4.69, 9.17) is 9.47 Å². The first kappa shape index (κ1) is 18.0. The number of hydrogen-bond acceptors (Lipinski definition) is 4. The minimum absolute atomic E-state index is 0.358. The summed E-state index contributed by atoms with van der Waals surface area (Å²) in [6, 6.07) is 0. The molecule has 2 aliphatic heterocycles. The second-order valence-electron chi connectivity index (χ2n) is 6.04. The van der Waals surface area contributed by atoms with Crippen molar-refractivity contribution in [3.63, 3.8) is 0 Å². The van der Waals surface area contributed by atoms with E-state index in [9.17, 15) is 22.8 Å². The third-order valence-corrected chi connectivity index (χ3v) is 4.09. The SMILES string of the molecule is C[C@@](CNC(=O)[C@@H]1CCCO1)(NC(=O)[C@@H]1CCCO1)C(F)(F)F. The molecular weight excluding hydrogens is 317 g/mol. The number of carbonyl (C=O) groups excluding carboxylic acids is 2. The van der Waals surface area contributed by atoms with Gasteiger partial charge in [-0.3, -0.25) is 9.59 Å². The van der Waals surface area contributed by atoms with Crippen LogP contribution in [0.3, 0.4) is 0 Å². The van der Waals surface area contributed by atoms with E-state index in [2.05, 4.69) is 5.32 Å². The van der Waals surface area contributed by atoms with Crippen molar-refractivity contribution in [1.82, 2.24) is 10.6 Å². The summed E-state index contributed by atoms with van der Waals surface area (Å²) in [4.78, 5) is 23.8. The molecule has 0 spiro atoms. The lowest BCUT2D eigenvalue weighted by atomic mass is 10.0. The highest BCUT2D eigenvalue weighted by atomic mass is 19.4. The highest BCUT2D eigenvalue weighted by Crippen LogP contribution is 2.30. The number of amides is 2. The molecule has 2 aliphatic rings. The molecule has 0 radical (unpaired) electrons. The molecule has 0 aromatic carbocycles. The third-order valence-electron chi connectivity index (χ3n) is 4.09. The van der Waals surface area contributed by atoms with E-state index >= 15 is 0 Å². The molecule has 9 heteroatoms. The quantitative estimate of drug-likeness (QED) is 0.781. The fraction of sp³-hybridized carbons (Fsp3) is 0.857. The van der Waals surface area contributed by atoms with E-state index in [1.807, 2.05) is 5.32 Å². The van der Waals surface area contributed by atoms with E-state index in [-0.39, 0.29) is 0 Å². The molecule has 0 aromatic heterocycles. The van der Waals surface area contributed by atoms with Crippen LogP contribution in [0, 0.1) is 0 Å². The van der Waals surface area contributed by atoms with Crippen molar-refractivity contribution >= 4 is 11.8 Å². The molecule has 0 unspecified atom stereocenters. The number of carbonyl (C=O) groups is 2. The molecule has 2 fully saturated rings. The minimum Gasteiger partial charge on any atom is -0.368 e. The van der Waals surface area contributed by atoms with Crippen molar-refractivity contribution in [3.05, 3.63) is 0 Å². The Morgan fingerprint density at radius 3 is 2.00 bits per heavy atom. The summed E-state index contributed by atoms with van der Waals surface area (Å²) in [6.07, 6.45) is -4.10. The monoisotopic (exact) mass is 338 g/mol. The number of alkyl halides is 3. The van der Waals surface area contributed by atoms with Crippen LogP contribution in [0.15, 0.2) is 0 Å². The second kappa shape index (κ2) is 7.04. The summed E-state index contributed by atoms with van der Waals surface area (Å²) in [5.74, 6) is -1.40. The van der Waals surface area contributed by atoms with Gasteiger partial charge >= 0.3 is 6.18 Å². The van der Waals surface area contributed by atoms with Gasteiger partial charge in [0.05, 0.1) is 0 Å². The summed E-state index contributed by atoms with van der Waals surface area (Å²) >= 11 is 0. The molecule has 0 saturated carbocycles. The number of halogens is 3. The predicted octanol–water partition coefficient (Wildman–Crippen LogP) is 0.898. The van der Waals surface area contributed by atoms with Crippen molar-refractivity contribution in [2.24, 2.45) is 0 Å². The Balaban J connectivity index is 1.97. The van der Waals surface area contributed by atoms with Crippen LogP contribution in [-0.2, 0) is 19.1 Å². The maximum Gasteiger partial charge on any atom is 0.412 e. The average molecular weight is 338 g/mol. The summed E-state index contributed by atoms with van der Waals surface area (Å²) in [7, 11) is 0. The van der Waals surface area contributed by atoms with Gasteiger partial charge in [0.25, 0.3) is 0 Å². The van der Waals surface area contributed by atoms with Crippen LogP contribution in [-0.4, -0.2) is 55.5 Å². The Labute approximate surface area is 132 Å². The van der Waals surface area contributed by atoms with E-state index in [1.54, 1.807) is 0 Å². The first-order chi connectivity index (χ1) is 10.7. The fourth-order valence-corrected chi connectivity index (χ4v) is 2.51. The van der Waals surface area contributed by atoms with E-state index in [0.29, 0.717) is 38.9 Å². The number of hydrogen-bond donors (Lipinski definition) is 2. The molecule has 23 heavy (non-hydrogen) atoms. The smallest absolute Gasteiger partial charge is 0.368 e. The fourth-order valence-electron chi connectivity index (χ4n) is 2.51. The van der Waals surface area contributed by atoms with Crippen LogP contribution < -0.4 is 10.6 Å². The summed E-state index contributed by atoms with van der Waals surface area (Å²) in [5.41, 5.74) is -2.57. The van der Waals surface area contributed by atoms with E-state index in [1.165, 1.54) is 0 Å². The van der Waals surface area contributed by atoms with Crippen molar-refractivity contribution in [2.75, 3.05) is 19.8 Å². The van der Waals surface area contributed by atoms with Crippen molar-refractivity contribution in [2.45, 2.75) is 56.5 Å². The maximum absolute atomic E-state index is 13.3. The zero-order valence-electron chi connectivity index (χ0n) is 12.9. The van der Waals surface area contributed by atoms with Crippen LogP contribution in [0.1, 0.15) is 32.6 Å². The molecule has 132 valence electrons. The molecule has 0 bridgehead atoms. The van der Waals surface area contributed by atoms with Gasteiger partial charge in [-0.15, -0.1) is 0 Å². The van der Waals surface area contributed by atoms with E-state index in [0.717, 1.165) is 6.92 Å². The Morgan fingerprint density at radius 1 is 1.04 bits per heavy atom. The summed E-state index contributed by atoms with van der Waals surface area (Å²) < 4.78 is 50.2. The minimum atomic E-state index is -4.72. The van der Waals surface area contributed by atoms with Crippen LogP contribution in [0.2, 0.25) is 0 Å². The molecule has 2 rings (SSSR count). The van der Waals surface area contributed by atoms with Gasteiger partial charge in [-0.2, -0.15) is 13.2 Å². The van der Waals surface area contributed by atoms with Crippen molar-refractivity contribution in [3.8, 4) is 0 Å². The van der Waals surface area contributed by atoms with Gasteiger partial charge in [0.2, 0.25) is 11.8 Å². The van der Waals surface area contributed by atoms with Gasteiger partial charge < -0.3 is 20.1 Å². The molecule has 2 saturated heterocycles. The number of nitrogens with one attached hydrogen (secondary N) is 2. The predicted molar refractivity (Wildman–Crippen MR) is 73.6 cm³/mol. The lowest BCUT2D eigenvalue weighted by molar-refractivity contribution is -0.194. The third kappa shape index (κ3) is 4.35. The number of rotatable bonds is 5. The Bertz CT molecular complexity index is 446. The standard InChI is InChI=1S/C14H21F3N2O4/c1-13(14(15,16)17,19-12(21)10-5-3-7-23-10)8-18-11(20)9-4-2-6-22-9/h9-10H,2-8H2,1H3,(H,18,20)(H,19,21)/t9-,10-,13-/m0/s1. The highest BCUT2D eigenvalue weighted by Gasteiger charge is 2.53. The lowest BCUT2D eigenvalue weighted by Gasteiger charge is -2.34. The van der Waals surface area contributed by atoms with Crippen LogP contribution in [0.5, 0.6) is 0 Å². The second-order valence-corrected chi connectivity index (χ2v) is 6.04. The van der Waals surface area contributed by atoms with Crippen LogP contribution in [0.25, 0.3) is 0 Å². The Hall–Kier alpha value is -1.35. The zero-order chi connectivity index (χ0) is 17.1. The topological polar surface area (TPSA) is 76.7 Å². The van der Waals surface area contributed by atoms with Crippen LogP contribution in [0.4, 0.5) is 13.2 Å². The van der Waals surface area contributed by atoms with Crippen LogP contribution >= 0.6 is 0 Å².